The van der Waals surface area contributed by atoms with E-state index in [9.17, 15) is 14.0 Å². The van der Waals surface area contributed by atoms with E-state index in [1.807, 2.05) is 45.0 Å². The fourth-order valence-electron chi connectivity index (χ4n) is 3.58. The molecule has 0 radical (unpaired) electrons. The predicted octanol–water partition coefficient (Wildman–Crippen LogP) is 3.50. The summed E-state index contributed by atoms with van der Waals surface area (Å²) in [6.45, 7) is 6.45. The molecule has 2 aromatic carbocycles. The largest absolute Gasteiger partial charge is 0.337 e. The third-order valence-corrected chi connectivity index (χ3v) is 4.98. The SMILES string of the molecule is Cc1ccc(-n2c(=O)n(CC(C)C)c(=O)c3c2ncn3Cc2cccc(F)c2)cc1. The first-order chi connectivity index (χ1) is 14.3. The van der Waals surface area contributed by atoms with Crippen molar-refractivity contribution < 1.29 is 4.39 Å². The number of aromatic nitrogens is 4. The van der Waals surface area contributed by atoms with Crippen LogP contribution in [0.5, 0.6) is 0 Å². The molecule has 2 aromatic heterocycles. The number of imidazole rings is 1. The molecule has 0 saturated heterocycles. The van der Waals surface area contributed by atoms with E-state index in [1.54, 1.807) is 16.7 Å². The topological polar surface area (TPSA) is 61.8 Å². The summed E-state index contributed by atoms with van der Waals surface area (Å²) in [6, 6.07) is 13.7. The third-order valence-electron chi connectivity index (χ3n) is 4.98. The molecule has 0 aliphatic heterocycles. The minimum atomic E-state index is -0.416. The minimum Gasteiger partial charge on any atom is -0.320 e. The Bertz CT molecular complexity index is 1330. The number of benzene rings is 2. The zero-order chi connectivity index (χ0) is 21.4. The number of hydrogen-bond donors (Lipinski definition) is 0. The first-order valence-electron chi connectivity index (χ1n) is 9.87. The van der Waals surface area contributed by atoms with Crippen molar-refractivity contribution in [3.8, 4) is 5.69 Å². The van der Waals surface area contributed by atoms with Gasteiger partial charge < -0.3 is 4.57 Å². The molecule has 0 N–H and O–H groups in total. The highest BCUT2D eigenvalue weighted by atomic mass is 19.1. The summed E-state index contributed by atoms with van der Waals surface area (Å²) in [7, 11) is 0. The lowest BCUT2D eigenvalue weighted by atomic mass is 10.2. The Kier molecular flexibility index (Phi) is 5.11. The van der Waals surface area contributed by atoms with Crippen molar-refractivity contribution in [1.82, 2.24) is 18.7 Å². The molecule has 4 rings (SSSR count). The average Bonchev–Trinajstić information content (AvgIpc) is 3.10. The molecule has 0 spiro atoms. The van der Waals surface area contributed by atoms with Gasteiger partial charge in [0, 0.05) is 13.1 Å². The molecule has 30 heavy (non-hydrogen) atoms. The number of nitrogens with zero attached hydrogens (tertiary/aromatic N) is 4. The van der Waals surface area contributed by atoms with Crippen LogP contribution >= 0.6 is 0 Å². The van der Waals surface area contributed by atoms with Gasteiger partial charge in [-0.2, -0.15) is 0 Å². The second kappa shape index (κ2) is 7.74. The molecule has 0 amide bonds. The van der Waals surface area contributed by atoms with Crippen molar-refractivity contribution in [1.29, 1.82) is 0 Å². The molecule has 0 saturated carbocycles. The van der Waals surface area contributed by atoms with E-state index in [1.165, 1.54) is 27.6 Å². The van der Waals surface area contributed by atoms with Gasteiger partial charge in [-0.15, -0.1) is 0 Å². The molecule has 0 fully saturated rings. The lowest BCUT2D eigenvalue weighted by molar-refractivity contribution is 0.489. The second-order valence-electron chi connectivity index (χ2n) is 7.94. The molecule has 0 atom stereocenters. The Morgan fingerprint density at radius 3 is 2.47 bits per heavy atom. The molecule has 7 heteroatoms. The summed E-state index contributed by atoms with van der Waals surface area (Å²) >= 11 is 0. The van der Waals surface area contributed by atoms with Crippen LogP contribution in [0.25, 0.3) is 16.9 Å². The summed E-state index contributed by atoms with van der Waals surface area (Å²) < 4.78 is 18.0. The van der Waals surface area contributed by atoms with E-state index in [0.29, 0.717) is 29.0 Å². The van der Waals surface area contributed by atoms with Crippen LogP contribution in [-0.2, 0) is 13.1 Å². The molecule has 0 aliphatic carbocycles. The van der Waals surface area contributed by atoms with Gasteiger partial charge in [0.05, 0.1) is 12.0 Å². The molecule has 0 unspecified atom stereocenters. The zero-order valence-corrected chi connectivity index (χ0v) is 17.2. The van der Waals surface area contributed by atoms with Crippen molar-refractivity contribution in [2.24, 2.45) is 5.92 Å². The van der Waals surface area contributed by atoms with Gasteiger partial charge in [0.1, 0.15) is 5.82 Å². The normalized spacial score (nSPS) is 11.5. The minimum absolute atomic E-state index is 0.110. The van der Waals surface area contributed by atoms with E-state index in [-0.39, 0.29) is 23.8 Å². The Morgan fingerprint density at radius 1 is 1.07 bits per heavy atom. The molecule has 2 heterocycles. The van der Waals surface area contributed by atoms with Gasteiger partial charge in [-0.25, -0.2) is 18.7 Å². The summed E-state index contributed by atoms with van der Waals surface area (Å²) in [5.41, 5.74) is 2.23. The Hall–Kier alpha value is -3.48. The first-order valence-corrected chi connectivity index (χ1v) is 9.87. The van der Waals surface area contributed by atoms with Crippen LogP contribution < -0.4 is 11.2 Å². The highest BCUT2D eigenvalue weighted by Crippen LogP contribution is 2.16. The Balaban J connectivity index is 1.99. The van der Waals surface area contributed by atoms with Crippen LogP contribution in [0, 0.1) is 18.7 Å². The fourth-order valence-corrected chi connectivity index (χ4v) is 3.58. The third kappa shape index (κ3) is 3.58. The fraction of sp³-hybridized carbons (Fsp3) is 0.261. The van der Waals surface area contributed by atoms with Crippen molar-refractivity contribution in [3.63, 3.8) is 0 Å². The standard InChI is InChI=1S/C23H23FN4O2/c1-15(2)12-27-22(29)20-21(28(23(27)30)19-9-7-16(3)8-10-19)25-14-26(20)13-17-5-4-6-18(24)11-17/h4-11,14-15H,12-13H2,1-3H3. The van der Waals surface area contributed by atoms with Crippen LogP contribution in [0.1, 0.15) is 25.0 Å². The summed E-state index contributed by atoms with van der Waals surface area (Å²) in [5.74, 6) is -0.232. The summed E-state index contributed by atoms with van der Waals surface area (Å²) in [4.78, 5) is 30.9. The molecule has 4 aromatic rings. The average molecular weight is 406 g/mol. The summed E-state index contributed by atoms with van der Waals surface area (Å²) in [6.07, 6.45) is 1.53. The van der Waals surface area contributed by atoms with Crippen molar-refractivity contribution in [2.75, 3.05) is 0 Å². The molecule has 0 bridgehead atoms. The Labute approximate surface area is 172 Å². The van der Waals surface area contributed by atoms with Gasteiger partial charge >= 0.3 is 5.69 Å². The van der Waals surface area contributed by atoms with Crippen LogP contribution in [0.3, 0.4) is 0 Å². The first kappa shape index (κ1) is 19.8. The quantitative estimate of drug-likeness (QED) is 0.510. The molecular weight excluding hydrogens is 383 g/mol. The number of hydrogen-bond acceptors (Lipinski definition) is 3. The second-order valence-corrected chi connectivity index (χ2v) is 7.94. The van der Waals surface area contributed by atoms with E-state index < -0.39 is 5.69 Å². The predicted molar refractivity (Wildman–Crippen MR) is 115 cm³/mol. The number of aryl methyl sites for hydroxylation is 1. The van der Waals surface area contributed by atoms with Gasteiger partial charge in [0.2, 0.25) is 0 Å². The number of rotatable bonds is 5. The van der Waals surface area contributed by atoms with Crippen molar-refractivity contribution in [2.45, 2.75) is 33.9 Å². The highest BCUT2D eigenvalue weighted by molar-refractivity contribution is 5.72. The monoisotopic (exact) mass is 406 g/mol. The smallest absolute Gasteiger partial charge is 0.320 e. The number of fused-ring (bicyclic) bond motifs is 1. The van der Waals surface area contributed by atoms with Crippen LogP contribution in [0.4, 0.5) is 4.39 Å². The number of halogens is 1. The van der Waals surface area contributed by atoms with Gasteiger partial charge in [-0.3, -0.25) is 9.36 Å². The highest BCUT2D eigenvalue weighted by Gasteiger charge is 2.20. The molecule has 154 valence electrons. The van der Waals surface area contributed by atoms with Crippen molar-refractivity contribution in [3.05, 3.63) is 92.6 Å². The maximum absolute atomic E-state index is 13.6. The van der Waals surface area contributed by atoms with Gasteiger partial charge in [0.15, 0.2) is 11.2 Å². The van der Waals surface area contributed by atoms with Crippen LogP contribution in [0.2, 0.25) is 0 Å². The molecule has 6 nitrogen and oxygen atoms in total. The van der Waals surface area contributed by atoms with Crippen molar-refractivity contribution >= 4 is 11.2 Å². The van der Waals surface area contributed by atoms with E-state index in [4.69, 9.17) is 0 Å². The van der Waals surface area contributed by atoms with Gasteiger partial charge in [0.25, 0.3) is 5.56 Å². The zero-order valence-electron chi connectivity index (χ0n) is 17.2. The Morgan fingerprint density at radius 2 is 1.80 bits per heavy atom. The maximum atomic E-state index is 13.6. The molecular formula is C23H23FN4O2. The van der Waals surface area contributed by atoms with E-state index in [2.05, 4.69) is 4.98 Å². The lowest BCUT2D eigenvalue weighted by Crippen LogP contribution is -2.41. The van der Waals surface area contributed by atoms with Crippen LogP contribution in [-0.4, -0.2) is 18.7 Å². The van der Waals surface area contributed by atoms with Crippen LogP contribution in [0.15, 0.2) is 64.4 Å². The lowest BCUT2D eigenvalue weighted by Gasteiger charge is -2.14. The van der Waals surface area contributed by atoms with Gasteiger partial charge in [-0.1, -0.05) is 43.7 Å². The molecule has 0 aliphatic rings. The van der Waals surface area contributed by atoms with Gasteiger partial charge in [-0.05, 0) is 42.7 Å². The van der Waals surface area contributed by atoms with E-state index >= 15 is 0 Å². The maximum Gasteiger partial charge on any atom is 0.337 e. The van der Waals surface area contributed by atoms with E-state index in [0.717, 1.165) is 5.56 Å². The summed E-state index contributed by atoms with van der Waals surface area (Å²) in [5, 5.41) is 0.